The third-order valence-electron chi connectivity index (χ3n) is 1.55. The van der Waals surface area contributed by atoms with Crippen molar-refractivity contribution in [3.63, 3.8) is 0 Å². The molecule has 0 saturated heterocycles. The molecule has 0 heterocycles. The Labute approximate surface area is 86.0 Å². The van der Waals surface area contributed by atoms with Crippen LogP contribution >= 0.6 is 0 Å². The quantitative estimate of drug-likeness (QED) is 0.263. The van der Waals surface area contributed by atoms with Crippen molar-refractivity contribution in [3.05, 3.63) is 0 Å². The Bertz CT molecular complexity index is 145. The zero-order chi connectivity index (χ0) is 11.7. The minimum atomic E-state index is -0.770. The number of rotatable bonds is 9. The Morgan fingerprint density at radius 2 is 1.67 bits per heavy atom. The summed E-state index contributed by atoms with van der Waals surface area (Å²) < 4.78 is 0. The van der Waals surface area contributed by atoms with E-state index in [-0.39, 0.29) is 13.2 Å². The van der Waals surface area contributed by atoms with Gasteiger partial charge in [-0.05, 0) is 19.3 Å². The number of hydrogen-bond acceptors (Lipinski definition) is 9. The standard InChI is InChI=1S/C6H16N2O7/c9-4-2-1-3-6(15-8(12)13)5-14-7(10)11/h6,9-13H,1-5H2/t6-/m1/s1. The Kier molecular flexibility index (Phi) is 8.70. The van der Waals surface area contributed by atoms with E-state index >= 15 is 0 Å². The molecule has 1 atom stereocenters. The highest BCUT2D eigenvalue weighted by Gasteiger charge is 2.14. The summed E-state index contributed by atoms with van der Waals surface area (Å²) in [6, 6.07) is 0. The monoisotopic (exact) mass is 228 g/mol. The first-order valence-electron chi connectivity index (χ1n) is 4.32. The van der Waals surface area contributed by atoms with Gasteiger partial charge in [0.25, 0.3) is 0 Å². The number of aliphatic hydroxyl groups excluding tert-OH is 1. The van der Waals surface area contributed by atoms with Crippen LogP contribution in [-0.2, 0) is 9.68 Å². The van der Waals surface area contributed by atoms with Crippen LogP contribution in [0.2, 0.25) is 0 Å². The maximum absolute atomic E-state index is 8.51. The maximum atomic E-state index is 8.51. The molecular formula is C6H16N2O7. The van der Waals surface area contributed by atoms with Crippen molar-refractivity contribution >= 4 is 0 Å². The fourth-order valence-electron chi connectivity index (χ4n) is 0.933. The van der Waals surface area contributed by atoms with E-state index in [0.29, 0.717) is 19.3 Å². The van der Waals surface area contributed by atoms with Gasteiger partial charge in [0, 0.05) is 6.61 Å². The lowest BCUT2D eigenvalue weighted by atomic mass is 10.2. The summed E-state index contributed by atoms with van der Waals surface area (Å²) in [7, 11) is 0. The van der Waals surface area contributed by atoms with Crippen LogP contribution in [0.4, 0.5) is 0 Å². The van der Waals surface area contributed by atoms with E-state index in [9.17, 15) is 0 Å². The molecule has 0 radical (unpaired) electrons. The minimum absolute atomic E-state index is 0.0155. The van der Waals surface area contributed by atoms with Crippen molar-refractivity contribution in [2.45, 2.75) is 25.4 Å². The van der Waals surface area contributed by atoms with Crippen LogP contribution in [0, 0.1) is 0 Å². The molecule has 0 aromatic heterocycles. The van der Waals surface area contributed by atoms with Gasteiger partial charge >= 0.3 is 0 Å². The van der Waals surface area contributed by atoms with Crippen LogP contribution in [-0.4, -0.2) is 56.0 Å². The molecule has 9 nitrogen and oxygen atoms in total. The summed E-state index contributed by atoms with van der Waals surface area (Å²) in [6.07, 6.45) is 0.674. The first kappa shape index (κ1) is 14.6. The van der Waals surface area contributed by atoms with E-state index in [2.05, 4.69) is 9.68 Å². The van der Waals surface area contributed by atoms with Gasteiger partial charge in [-0.15, -0.1) is 0 Å². The molecule has 0 aromatic carbocycles. The topological polar surface area (TPSA) is 126 Å². The molecule has 5 N–H and O–H groups in total. The second kappa shape index (κ2) is 8.91. The lowest BCUT2D eigenvalue weighted by Crippen LogP contribution is -2.31. The summed E-state index contributed by atoms with van der Waals surface area (Å²) in [5.41, 5.74) is 0. The summed E-state index contributed by atoms with van der Waals surface area (Å²) >= 11 is 0. The molecule has 9 heteroatoms. The Hall–Kier alpha value is -0.360. The van der Waals surface area contributed by atoms with E-state index in [1.807, 2.05) is 0 Å². The summed E-state index contributed by atoms with van der Waals surface area (Å²) in [4.78, 5) is 8.68. The maximum Gasteiger partial charge on any atom is 0.110 e. The minimum Gasteiger partial charge on any atom is -0.396 e. The van der Waals surface area contributed by atoms with Gasteiger partial charge in [-0.25, -0.2) is 9.68 Å². The van der Waals surface area contributed by atoms with Crippen LogP contribution in [0.15, 0.2) is 0 Å². The molecule has 0 aromatic rings. The second-order valence-electron chi connectivity index (χ2n) is 2.75. The lowest BCUT2D eigenvalue weighted by Gasteiger charge is -2.18. The van der Waals surface area contributed by atoms with Gasteiger partial charge in [0.1, 0.15) is 12.7 Å². The van der Waals surface area contributed by atoms with E-state index in [1.54, 1.807) is 0 Å². The fourth-order valence-corrected chi connectivity index (χ4v) is 0.933. The first-order chi connectivity index (χ1) is 7.06. The Balaban J connectivity index is 3.73. The molecule has 0 spiro atoms. The van der Waals surface area contributed by atoms with Crippen molar-refractivity contribution in [1.82, 2.24) is 10.8 Å². The normalized spacial score (nSPS) is 13.8. The highest BCUT2D eigenvalue weighted by molar-refractivity contribution is 4.54. The zero-order valence-electron chi connectivity index (χ0n) is 8.06. The van der Waals surface area contributed by atoms with Crippen molar-refractivity contribution in [2.75, 3.05) is 13.2 Å². The molecule has 0 rings (SSSR count). The lowest BCUT2D eigenvalue weighted by molar-refractivity contribution is -0.527. The first-order valence-corrected chi connectivity index (χ1v) is 4.32. The molecule has 0 saturated carbocycles. The summed E-state index contributed by atoms with van der Waals surface area (Å²) in [5, 5.41) is 40.7. The predicted octanol–water partition coefficient (Wildman–Crippen LogP) is -0.458. The molecule has 0 aliphatic carbocycles. The number of nitrogens with zero attached hydrogens (tertiary/aromatic N) is 2. The zero-order valence-corrected chi connectivity index (χ0v) is 8.06. The highest BCUT2D eigenvalue weighted by atomic mass is 17.1. The number of unbranched alkanes of at least 4 members (excludes halogenated alkanes) is 1. The SMILES string of the molecule is OCCCC[C@H](CON(O)O)ON(O)O. The average Bonchev–Trinajstić information content (AvgIpc) is 2.13. The Morgan fingerprint density at radius 1 is 1.00 bits per heavy atom. The smallest absolute Gasteiger partial charge is 0.110 e. The predicted molar refractivity (Wildman–Crippen MR) is 42.6 cm³/mol. The largest absolute Gasteiger partial charge is 0.396 e. The summed E-state index contributed by atoms with van der Waals surface area (Å²) in [5.74, 6) is 0. The molecule has 92 valence electrons. The third kappa shape index (κ3) is 9.93. The van der Waals surface area contributed by atoms with Crippen molar-refractivity contribution in [2.24, 2.45) is 0 Å². The van der Waals surface area contributed by atoms with Crippen LogP contribution < -0.4 is 0 Å². The second-order valence-corrected chi connectivity index (χ2v) is 2.75. The fraction of sp³-hybridized carbons (Fsp3) is 1.00. The molecule has 0 fully saturated rings. The van der Waals surface area contributed by atoms with Gasteiger partial charge in [-0.3, -0.25) is 20.8 Å². The van der Waals surface area contributed by atoms with Crippen LogP contribution in [0.3, 0.4) is 0 Å². The molecule has 0 bridgehead atoms. The number of aliphatic hydroxyl groups is 1. The summed E-state index contributed by atoms with van der Waals surface area (Å²) in [6.45, 7) is -0.266. The molecule has 0 aliphatic rings. The van der Waals surface area contributed by atoms with Gasteiger partial charge in [0.15, 0.2) is 0 Å². The van der Waals surface area contributed by atoms with E-state index in [4.69, 9.17) is 25.9 Å². The molecule has 15 heavy (non-hydrogen) atoms. The van der Waals surface area contributed by atoms with Crippen molar-refractivity contribution in [3.8, 4) is 0 Å². The van der Waals surface area contributed by atoms with Crippen molar-refractivity contribution in [1.29, 1.82) is 0 Å². The third-order valence-corrected chi connectivity index (χ3v) is 1.55. The molecule has 0 amide bonds. The van der Waals surface area contributed by atoms with Crippen LogP contribution in [0.5, 0.6) is 0 Å². The van der Waals surface area contributed by atoms with E-state index in [1.165, 1.54) is 0 Å². The van der Waals surface area contributed by atoms with E-state index < -0.39 is 16.9 Å². The van der Waals surface area contributed by atoms with E-state index in [0.717, 1.165) is 0 Å². The average molecular weight is 228 g/mol. The van der Waals surface area contributed by atoms with Gasteiger partial charge < -0.3 is 5.11 Å². The van der Waals surface area contributed by atoms with Gasteiger partial charge in [0.05, 0.1) is 10.8 Å². The van der Waals surface area contributed by atoms with Crippen LogP contribution in [0.1, 0.15) is 19.3 Å². The van der Waals surface area contributed by atoms with Gasteiger partial charge in [0.2, 0.25) is 0 Å². The van der Waals surface area contributed by atoms with Gasteiger partial charge in [-0.2, -0.15) is 0 Å². The van der Waals surface area contributed by atoms with Gasteiger partial charge in [-0.1, -0.05) is 0 Å². The van der Waals surface area contributed by atoms with Crippen LogP contribution in [0.25, 0.3) is 0 Å². The molecular weight excluding hydrogens is 212 g/mol. The van der Waals surface area contributed by atoms with Crippen molar-refractivity contribution < 1.29 is 35.6 Å². The highest BCUT2D eigenvalue weighted by Crippen LogP contribution is 2.06. The Morgan fingerprint density at radius 3 is 2.13 bits per heavy atom. The molecule has 0 unspecified atom stereocenters. The molecule has 0 aliphatic heterocycles. The number of hydrogen-bond donors (Lipinski definition) is 5.